The zero-order valence-electron chi connectivity index (χ0n) is 11.1. The lowest BCUT2D eigenvalue weighted by molar-refractivity contribution is 1.22. The maximum absolute atomic E-state index is 6.30. The number of pyridine rings is 2. The van der Waals surface area contributed by atoms with Gasteiger partial charge in [0.15, 0.2) is 0 Å². The zero-order valence-corrected chi connectivity index (χ0v) is 13.5. The summed E-state index contributed by atoms with van der Waals surface area (Å²) >= 11 is 9.91. The highest BCUT2D eigenvalue weighted by Gasteiger charge is 2.14. The van der Waals surface area contributed by atoms with Crippen LogP contribution in [0.4, 0.5) is 0 Å². The minimum Gasteiger partial charge on any atom is -0.253 e. The molecule has 0 N–H and O–H groups in total. The molecular weight excluding hydrogens is 336 g/mol. The van der Waals surface area contributed by atoms with E-state index in [1.807, 2.05) is 44.3 Å². The molecule has 0 aliphatic carbocycles. The standard InChI is InChI=1S/C16H12BrClN2/c1-9-8-19-15-13(18)7-10(2)20-16(15)14(9)11-5-3-4-6-12(11)17/h3-8H,1-2H3. The van der Waals surface area contributed by atoms with E-state index >= 15 is 0 Å². The van der Waals surface area contributed by atoms with E-state index < -0.39 is 0 Å². The number of hydrogen-bond donors (Lipinski definition) is 0. The molecule has 0 fully saturated rings. The molecule has 0 saturated carbocycles. The molecule has 2 aromatic heterocycles. The molecular formula is C16H12BrClN2. The van der Waals surface area contributed by atoms with E-state index in [2.05, 4.69) is 32.0 Å². The third kappa shape index (κ3) is 2.21. The van der Waals surface area contributed by atoms with Crippen LogP contribution in [0.15, 0.2) is 41.0 Å². The van der Waals surface area contributed by atoms with Gasteiger partial charge in [-0.1, -0.05) is 45.7 Å². The Morgan fingerprint density at radius 3 is 2.60 bits per heavy atom. The summed E-state index contributed by atoms with van der Waals surface area (Å²) in [6.07, 6.45) is 1.85. The average Bonchev–Trinajstić information content (AvgIpc) is 2.39. The van der Waals surface area contributed by atoms with Gasteiger partial charge in [-0.25, -0.2) is 0 Å². The molecule has 0 spiro atoms. The molecule has 3 aromatic rings. The molecule has 0 aliphatic rings. The first-order valence-corrected chi connectivity index (χ1v) is 7.42. The largest absolute Gasteiger partial charge is 0.253 e. The highest BCUT2D eigenvalue weighted by molar-refractivity contribution is 9.10. The topological polar surface area (TPSA) is 25.8 Å². The predicted octanol–water partition coefficient (Wildman–Crippen LogP) is 5.33. The fourth-order valence-corrected chi connectivity index (χ4v) is 3.12. The van der Waals surface area contributed by atoms with E-state index in [1.54, 1.807) is 0 Å². The average molecular weight is 348 g/mol. The van der Waals surface area contributed by atoms with Gasteiger partial charge in [-0.3, -0.25) is 9.97 Å². The Morgan fingerprint density at radius 1 is 1.10 bits per heavy atom. The summed E-state index contributed by atoms with van der Waals surface area (Å²) in [4.78, 5) is 9.07. The van der Waals surface area contributed by atoms with Crippen molar-refractivity contribution in [1.29, 1.82) is 0 Å². The lowest BCUT2D eigenvalue weighted by Gasteiger charge is -2.12. The van der Waals surface area contributed by atoms with Gasteiger partial charge in [0.05, 0.1) is 10.5 Å². The number of rotatable bonds is 1. The number of aromatic nitrogens is 2. The fraction of sp³-hybridized carbons (Fsp3) is 0.125. The molecule has 0 amide bonds. The maximum atomic E-state index is 6.30. The molecule has 0 bridgehead atoms. The fourth-order valence-electron chi connectivity index (χ4n) is 2.34. The van der Waals surface area contributed by atoms with Crippen LogP contribution < -0.4 is 0 Å². The lowest BCUT2D eigenvalue weighted by atomic mass is 10.00. The Balaban J connectivity index is 2.46. The summed E-state index contributed by atoms with van der Waals surface area (Å²) in [5, 5.41) is 0.640. The van der Waals surface area contributed by atoms with Crippen LogP contribution in [0.3, 0.4) is 0 Å². The number of nitrogens with zero attached hydrogens (tertiary/aromatic N) is 2. The SMILES string of the molecule is Cc1cc(Cl)c2ncc(C)c(-c3ccccc3Br)c2n1. The van der Waals surface area contributed by atoms with Gasteiger partial charge in [0.25, 0.3) is 0 Å². The van der Waals surface area contributed by atoms with Gasteiger partial charge in [-0.05, 0) is 37.1 Å². The van der Waals surface area contributed by atoms with Crippen molar-refractivity contribution in [2.75, 3.05) is 0 Å². The van der Waals surface area contributed by atoms with Crippen molar-refractivity contribution < 1.29 is 0 Å². The molecule has 0 aliphatic heterocycles. The lowest BCUT2D eigenvalue weighted by Crippen LogP contribution is -1.95. The van der Waals surface area contributed by atoms with E-state index in [4.69, 9.17) is 11.6 Å². The molecule has 100 valence electrons. The Bertz CT molecular complexity index is 815. The van der Waals surface area contributed by atoms with Crippen LogP contribution in [0.1, 0.15) is 11.3 Å². The Hall–Kier alpha value is -1.45. The molecule has 20 heavy (non-hydrogen) atoms. The van der Waals surface area contributed by atoms with Crippen LogP contribution in [-0.4, -0.2) is 9.97 Å². The van der Waals surface area contributed by atoms with E-state index in [-0.39, 0.29) is 0 Å². The minimum absolute atomic E-state index is 0.640. The molecule has 0 saturated heterocycles. The van der Waals surface area contributed by atoms with Crippen molar-refractivity contribution >= 4 is 38.6 Å². The van der Waals surface area contributed by atoms with Crippen LogP contribution in [-0.2, 0) is 0 Å². The van der Waals surface area contributed by atoms with Crippen molar-refractivity contribution in [3.8, 4) is 11.1 Å². The summed E-state index contributed by atoms with van der Waals surface area (Å²) in [5.41, 5.74) is 5.75. The summed E-state index contributed by atoms with van der Waals surface area (Å²) in [7, 11) is 0. The van der Waals surface area contributed by atoms with Crippen molar-refractivity contribution in [1.82, 2.24) is 9.97 Å². The number of hydrogen-bond acceptors (Lipinski definition) is 2. The first-order valence-electron chi connectivity index (χ1n) is 6.25. The monoisotopic (exact) mass is 346 g/mol. The molecule has 4 heteroatoms. The third-order valence-electron chi connectivity index (χ3n) is 3.24. The Morgan fingerprint density at radius 2 is 1.85 bits per heavy atom. The summed E-state index contributed by atoms with van der Waals surface area (Å²) < 4.78 is 1.04. The van der Waals surface area contributed by atoms with Crippen LogP contribution in [0.25, 0.3) is 22.2 Å². The highest BCUT2D eigenvalue weighted by Crippen LogP contribution is 2.36. The van der Waals surface area contributed by atoms with Crippen molar-refractivity contribution in [3.63, 3.8) is 0 Å². The minimum atomic E-state index is 0.640. The summed E-state index contributed by atoms with van der Waals surface area (Å²) in [6, 6.07) is 9.96. The van der Waals surface area contributed by atoms with Gasteiger partial charge in [0.1, 0.15) is 5.52 Å². The second-order valence-corrected chi connectivity index (χ2v) is 6.00. The molecule has 1 aromatic carbocycles. The zero-order chi connectivity index (χ0) is 14.3. The summed E-state index contributed by atoms with van der Waals surface area (Å²) in [6.45, 7) is 3.98. The van der Waals surface area contributed by atoms with E-state index in [0.29, 0.717) is 5.02 Å². The van der Waals surface area contributed by atoms with Crippen LogP contribution >= 0.6 is 27.5 Å². The number of halogens is 2. The van der Waals surface area contributed by atoms with Gasteiger partial charge >= 0.3 is 0 Å². The van der Waals surface area contributed by atoms with Crippen molar-refractivity contribution in [2.45, 2.75) is 13.8 Å². The second kappa shape index (κ2) is 5.15. The molecule has 0 unspecified atom stereocenters. The Labute approximate surface area is 131 Å². The highest BCUT2D eigenvalue weighted by atomic mass is 79.9. The second-order valence-electron chi connectivity index (χ2n) is 4.74. The van der Waals surface area contributed by atoms with Crippen molar-refractivity contribution in [2.24, 2.45) is 0 Å². The number of benzene rings is 1. The normalized spacial score (nSPS) is 11.0. The predicted molar refractivity (Wildman–Crippen MR) is 87.2 cm³/mol. The van der Waals surface area contributed by atoms with E-state index in [1.165, 1.54) is 0 Å². The third-order valence-corrected chi connectivity index (χ3v) is 4.22. The molecule has 2 nitrogen and oxygen atoms in total. The van der Waals surface area contributed by atoms with E-state index in [0.717, 1.165) is 37.9 Å². The summed E-state index contributed by atoms with van der Waals surface area (Å²) in [5.74, 6) is 0. The Kier molecular flexibility index (Phi) is 3.48. The van der Waals surface area contributed by atoms with Crippen LogP contribution in [0, 0.1) is 13.8 Å². The molecule has 0 atom stereocenters. The quantitative estimate of drug-likeness (QED) is 0.594. The molecule has 0 radical (unpaired) electrons. The maximum Gasteiger partial charge on any atom is 0.108 e. The number of aryl methyl sites for hydroxylation is 2. The number of fused-ring (bicyclic) bond motifs is 1. The van der Waals surface area contributed by atoms with Gasteiger partial charge in [0, 0.05) is 21.9 Å². The first-order chi connectivity index (χ1) is 9.58. The van der Waals surface area contributed by atoms with E-state index in [9.17, 15) is 0 Å². The van der Waals surface area contributed by atoms with Gasteiger partial charge in [-0.15, -0.1) is 0 Å². The first kappa shape index (κ1) is 13.5. The van der Waals surface area contributed by atoms with Crippen molar-refractivity contribution in [3.05, 3.63) is 57.3 Å². The molecule has 2 heterocycles. The van der Waals surface area contributed by atoms with Gasteiger partial charge < -0.3 is 0 Å². The van der Waals surface area contributed by atoms with Crippen LogP contribution in [0.2, 0.25) is 5.02 Å². The smallest absolute Gasteiger partial charge is 0.108 e. The van der Waals surface area contributed by atoms with Gasteiger partial charge in [-0.2, -0.15) is 0 Å². The molecule has 3 rings (SSSR count). The van der Waals surface area contributed by atoms with Gasteiger partial charge in [0.2, 0.25) is 0 Å². The van der Waals surface area contributed by atoms with Crippen LogP contribution in [0.5, 0.6) is 0 Å².